The van der Waals surface area contributed by atoms with Gasteiger partial charge in [0.2, 0.25) is 5.72 Å². The highest BCUT2D eigenvalue weighted by Gasteiger charge is 2.53. The van der Waals surface area contributed by atoms with Crippen LogP contribution in [0.4, 0.5) is 17.6 Å². The van der Waals surface area contributed by atoms with E-state index < -0.39 is 36.6 Å². The normalized spacial score (nSPS) is 20.7. The van der Waals surface area contributed by atoms with Crippen LogP contribution in [0.2, 0.25) is 0 Å². The summed E-state index contributed by atoms with van der Waals surface area (Å²) in [5, 5.41) is 13.2. The minimum atomic E-state index is -3.46. The zero-order chi connectivity index (χ0) is 17.9. The molecule has 24 heavy (non-hydrogen) atoms. The smallest absolute Gasteiger partial charge is 0.287 e. The molecule has 0 fully saturated rings. The van der Waals surface area contributed by atoms with Crippen LogP contribution in [-0.4, -0.2) is 46.9 Å². The van der Waals surface area contributed by atoms with E-state index in [2.05, 4.69) is 5.10 Å². The summed E-state index contributed by atoms with van der Waals surface area (Å²) in [4.78, 5) is 12.4. The number of rotatable bonds is 6. The number of alkyl halides is 4. The van der Waals surface area contributed by atoms with Gasteiger partial charge in [-0.25, -0.2) is 17.6 Å². The van der Waals surface area contributed by atoms with Crippen LogP contribution in [0, 0.1) is 0 Å². The molecule has 1 aromatic carbocycles. The topological polar surface area (TPSA) is 62.1 Å². The SMILES string of the molecule is CCCOc1cccc(C(=O)N2N=C(C(F)F)CC2(O)C(F)F)c1. The van der Waals surface area contributed by atoms with E-state index >= 15 is 0 Å². The number of aliphatic hydroxyl groups is 1. The monoisotopic (exact) mass is 348 g/mol. The molecule has 5 nitrogen and oxygen atoms in total. The van der Waals surface area contributed by atoms with E-state index in [1.807, 2.05) is 6.92 Å². The average molecular weight is 348 g/mol. The van der Waals surface area contributed by atoms with Gasteiger partial charge in [0.05, 0.1) is 6.61 Å². The van der Waals surface area contributed by atoms with Gasteiger partial charge in [0.15, 0.2) is 0 Å². The molecule has 1 heterocycles. The van der Waals surface area contributed by atoms with Crippen LogP contribution in [0.1, 0.15) is 30.1 Å². The standard InChI is InChI=1S/C15H16F4N2O3/c1-2-6-24-10-5-3-4-9(7-10)13(22)21-15(23,14(18)19)8-11(20-21)12(16)17/h3-5,7,12,14,23H,2,6,8H2,1H3. The Balaban J connectivity index is 2.32. The van der Waals surface area contributed by atoms with E-state index in [9.17, 15) is 27.5 Å². The van der Waals surface area contributed by atoms with Gasteiger partial charge >= 0.3 is 0 Å². The van der Waals surface area contributed by atoms with Crippen LogP contribution in [-0.2, 0) is 0 Å². The summed E-state index contributed by atoms with van der Waals surface area (Å²) in [5.41, 5.74) is -4.17. The predicted molar refractivity (Wildman–Crippen MR) is 77.4 cm³/mol. The summed E-state index contributed by atoms with van der Waals surface area (Å²) in [6, 6.07) is 5.58. The molecule has 0 bridgehead atoms. The molecule has 1 N–H and O–H groups in total. The molecule has 0 aliphatic carbocycles. The lowest BCUT2D eigenvalue weighted by Gasteiger charge is -2.30. The van der Waals surface area contributed by atoms with Crippen molar-refractivity contribution in [2.75, 3.05) is 6.61 Å². The molecule has 0 saturated carbocycles. The number of benzene rings is 1. The fourth-order valence-corrected chi connectivity index (χ4v) is 2.16. The molecule has 1 aliphatic rings. The molecule has 1 aromatic rings. The first-order valence-electron chi connectivity index (χ1n) is 7.23. The maximum atomic E-state index is 13.1. The van der Waals surface area contributed by atoms with Gasteiger partial charge in [-0.3, -0.25) is 4.79 Å². The Morgan fingerprint density at radius 1 is 1.42 bits per heavy atom. The van der Waals surface area contributed by atoms with Crippen molar-refractivity contribution in [3.05, 3.63) is 29.8 Å². The van der Waals surface area contributed by atoms with E-state index in [1.54, 1.807) is 6.07 Å². The minimum Gasteiger partial charge on any atom is -0.494 e. The van der Waals surface area contributed by atoms with Crippen LogP contribution in [0.3, 0.4) is 0 Å². The number of hydrogen-bond acceptors (Lipinski definition) is 4. The number of ether oxygens (including phenoxy) is 1. The molecule has 2 rings (SSSR count). The zero-order valence-electron chi connectivity index (χ0n) is 12.8. The Morgan fingerprint density at radius 3 is 2.71 bits per heavy atom. The lowest BCUT2D eigenvalue weighted by Crippen LogP contribution is -2.51. The van der Waals surface area contributed by atoms with Crippen molar-refractivity contribution in [1.29, 1.82) is 0 Å². The molecule has 1 atom stereocenters. The number of halogens is 4. The van der Waals surface area contributed by atoms with Crippen molar-refractivity contribution in [3.63, 3.8) is 0 Å². The van der Waals surface area contributed by atoms with Crippen molar-refractivity contribution >= 4 is 11.6 Å². The van der Waals surface area contributed by atoms with Crippen molar-refractivity contribution in [2.24, 2.45) is 5.10 Å². The van der Waals surface area contributed by atoms with Gasteiger partial charge in [-0.15, -0.1) is 0 Å². The molecule has 1 unspecified atom stereocenters. The van der Waals surface area contributed by atoms with Crippen LogP contribution in [0.15, 0.2) is 29.4 Å². The third-order valence-corrected chi connectivity index (χ3v) is 3.38. The summed E-state index contributed by atoms with van der Waals surface area (Å²) in [5.74, 6) is -0.795. The van der Waals surface area contributed by atoms with Crippen LogP contribution >= 0.6 is 0 Å². The minimum absolute atomic E-state index is 0.0259. The van der Waals surface area contributed by atoms with Gasteiger partial charge in [0.1, 0.15) is 11.5 Å². The largest absolute Gasteiger partial charge is 0.494 e. The summed E-state index contributed by atoms with van der Waals surface area (Å²) in [6.45, 7) is 2.26. The maximum Gasteiger partial charge on any atom is 0.287 e. The van der Waals surface area contributed by atoms with Crippen LogP contribution in [0.5, 0.6) is 5.75 Å². The molecule has 0 spiro atoms. The molecule has 1 aliphatic heterocycles. The van der Waals surface area contributed by atoms with Crippen LogP contribution < -0.4 is 4.74 Å². The third-order valence-electron chi connectivity index (χ3n) is 3.38. The molecular formula is C15H16F4N2O3. The summed E-state index contributed by atoms with van der Waals surface area (Å²) < 4.78 is 57.1. The van der Waals surface area contributed by atoms with E-state index in [-0.39, 0.29) is 10.6 Å². The zero-order valence-corrected chi connectivity index (χ0v) is 12.8. The Labute approximate surface area is 135 Å². The summed E-state index contributed by atoms with van der Waals surface area (Å²) >= 11 is 0. The van der Waals surface area contributed by atoms with Crippen molar-refractivity contribution in [2.45, 2.75) is 38.3 Å². The highest BCUT2D eigenvalue weighted by molar-refractivity contribution is 5.99. The molecule has 1 amide bonds. The highest BCUT2D eigenvalue weighted by atomic mass is 19.3. The van der Waals surface area contributed by atoms with Crippen molar-refractivity contribution in [1.82, 2.24) is 5.01 Å². The number of hydrogen-bond donors (Lipinski definition) is 1. The first-order chi connectivity index (χ1) is 11.3. The lowest BCUT2D eigenvalue weighted by molar-refractivity contribution is -0.164. The fraction of sp³-hybridized carbons (Fsp3) is 0.467. The Morgan fingerprint density at radius 2 is 2.12 bits per heavy atom. The summed E-state index contributed by atoms with van der Waals surface area (Å²) in [7, 11) is 0. The van der Waals surface area contributed by atoms with Gasteiger partial charge < -0.3 is 9.84 Å². The van der Waals surface area contributed by atoms with Crippen LogP contribution in [0.25, 0.3) is 0 Å². The first kappa shape index (κ1) is 18.2. The Bertz CT molecular complexity index is 639. The fourth-order valence-electron chi connectivity index (χ4n) is 2.16. The lowest BCUT2D eigenvalue weighted by atomic mass is 10.1. The summed E-state index contributed by atoms with van der Waals surface area (Å²) in [6.07, 6.45) is -6.99. The van der Waals surface area contributed by atoms with E-state index in [0.717, 1.165) is 6.42 Å². The third kappa shape index (κ3) is 3.50. The number of amides is 1. The average Bonchev–Trinajstić information content (AvgIpc) is 2.92. The number of carbonyl (C=O) groups excluding carboxylic acids is 1. The maximum absolute atomic E-state index is 13.1. The molecule has 0 aromatic heterocycles. The molecule has 0 saturated heterocycles. The Kier molecular flexibility index (Phi) is 5.43. The van der Waals surface area contributed by atoms with Gasteiger partial charge in [-0.05, 0) is 24.6 Å². The molecular weight excluding hydrogens is 332 g/mol. The van der Waals surface area contributed by atoms with Crippen molar-refractivity contribution < 1.29 is 32.2 Å². The van der Waals surface area contributed by atoms with E-state index in [1.165, 1.54) is 18.2 Å². The molecule has 9 heteroatoms. The second-order valence-electron chi connectivity index (χ2n) is 5.24. The second-order valence-corrected chi connectivity index (χ2v) is 5.24. The number of hydrazone groups is 1. The number of carbonyl (C=O) groups is 1. The quantitative estimate of drug-likeness (QED) is 0.804. The van der Waals surface area contributed by atoms with Gasteiger partial charge in [-0.1, -0.05) is 13.0 Å². The van der Waals surface area contributed by atoms with E-state index in [4.69, 9.17) is 4.74 Å². The second kappa shape index (κ2) is 7.16. The van der Waals surface area contributed by atoms with Gasteiger partial charge in [-0.2, -0.15) is 10.1 Å². The first-order valence-corrected chi connectivity index (χ1v) is 7.23. The number of nitrogens with zero attached hydrogens (tertiary/aromatic N) is 2. The molecule has 0 radical (unpaired) electrons. The Hall–Kier alpha value is -2.16. The van der Waals surface area contributed by atoms with Gasteiger partial charge in [0.25, 0.3) is 18.8 Å². The highest BCUT2D eigenvalue weighted by Crippen LogP contribution is 2.34. The van der Waals surface area contributed by atoms with Crippen molar-refractivity contribution in [3.8, 4) is 5.75 Å². The predicted octanol–water partition coefficient (Wildman–Crippen LogP) is 2.90. The van der Waals surface area contributed by atoms with E-state index in [0.29, 0.717) is 12.4 Å². The van der Waals surface area contributed by atoms with Gasteiger partial charge in [0, 0.05) is 12.0 Å². The molecule has 132 valence electrons.